The molecule has 1 aromatic carbocycles. The first-order valence-electron chi connectivity index (χ1n) is 5.80. The van der Waals surface area contributed by atoms with E-state index in [1.807, 2.05) is 17.8 Å². The van der Waals surface area contributed by atoms with E-state index < -0.39 is 0 Å². The van der Waals surface area contributed by atoms with Crippen LogP contribution in [0.25, 0.3) is 0 Å². The molecular formula is C13H15NOS. The van der Waals surface area contributed by atoms with Gasteiger partial charge in [-0.05, 0) is 17.9 Å². The smallest absolute Gasteiger partial charge is 0.224 e. The molecule has 0 aliphatic carbocycles. The zero-order chi connectivity index (χ0) is 11.0. The summed E-state index contributed by atoms with van der Waals surface area (Å²) in [4.78, 5) is 14.0. The van der Waals surface area contributed by atoms with Crippen LogP contribution in [0.1, 0.15) is 24.3 Å². The Morgan fingerprint density at radius 1 is 1.25 bits per heavy atom. The van der Waals surface area contributed by atoms with Crippen molar-refractivity contribution in [1.29, 1.82) is 0 Å². The fraction of sp³-hybridized carbons (Fsp3) is 0.462. The zero-order valence-electron chi connectivity index (χ0n) is 9.13. The van der Waals surface area contributed by atoms with Crippen LogP contribution < -0.4 is 0 Å². The fourth-order valence-corrected chi connectivity index (χ4v) is 3.98. The highest BCUT2D eigenvalue weighted by molar-refractivity contribution is 8.00. The fourth-order valence-electron chi connectivity index (χ4n) is 2.64. The van der Waals surface area contributed by atoms with Crippen LogP contribution >= 0.6 is 11.8 Å². The van der Waals surface area contributed by atoms with Gasteiger partial charge < -0.3 is 4.90 Å². The molecule has 1 amide bonds. The van der Waals surface area contributed by atoms with E-state index in [0.29, 0.717) is 23.6 Å². The largest absolute Gasteiger partial charge is 0.330 e. The molecule has 0 N–H and O–H groups in total. The van der Waals surface area contributed by atoms with Crippen molar-refractivity contribution in [3.05, 3.63) is 35.9 Å². The molecule has 1 aromatic rings. The first kappa shape index (κ1) is 10.2. The van der Waals surface area contributed by atoms with E-state index in [1.54, 1.807) is 0 Å². The first-order valence-corrected chi connectivity index (χ1v) is 6.85. The normalized spacial score (nSPS) is 29.2. The third kappa shape index (κ3) is 1.73. The minimum Gasteiger partial charge on any atom is -0.330 e. The molecular weight excluding hydrogens is 218 g/mol. The second-order valence-electron chi connectivity index (χ2n) is 4.46. The minimum absolute atomic E-state index is 0.343. The Bertz CT molecular complexity index is 392. The molecule has 2 aliphatic heterocycles. The van der Waals surface area contributed by atoms with Gasteiger partial charge in [-0.2, -0.15) is 0 Å². The van der Waals surface area contributed by atoms with Gasteiger partial charge in [0.1, 0.15) is 0 Å². The van der Waals surface area contributed by atoms with Crippen molar-refractivity contribution in [2.75, 3.05) is 12.3 Å². The molecule has 16 heavy (non-hydrogen) atoms. The number of fused-ring (bicyclic) bond motifs is 1. The molecule has 2 atom stereocenters. The van der Waals surface area contributed by atoms with Crippen molar-refractivity contribution in [1.82, 2.24) is 4.90 Å². The van der Waals surface area contributed by atoms with Gasteiger partial charge in [-0.25, -0.2) is 0 Å². The Labute approximate surface area is 100 Å². The zero-order valence-corrected chi connectivity index (χ0v) is 9.95. The van der Waals surface area contributed by atoms with Crippen molar-refractivity contribution in [3.63, 3.8) is 0 Å². The predicted molar refractivity (Wildman–Crippen MR) is 66.4 cm³/mol. The van der Waals surface area contributed by atoms with Crippen LogP contribution in [0.2, 0.25) is 0 Å². The molecule has 2 aliphatic rings. The summed E-state index contributed by atoms with van der Waals surface area (Å²) in [5.41, 5.74) is 1.32. The summed E-state index contributed by atoms with van der Waals surface area (Å²) in [5, 5.41) is 0.437. The lowest BCUT2D eigenvalue weighted by molar-refractivity contribution is -0.134. The number of amides is 1. The second kappa shape index (κ2) is 4.13. The lowest BCUT2D eigenvalue weighted by atomic mass is 9.89. The Morgan fingerprint density at radius 3 is 2.88 bits per heavy atom. The van der Waals surface area contributed by atoms with Crippen molar-refractivity contribution in [2.45, 2.75) is 24.1 Å². The average Bonchev–Trinajstić information content (AvgIpc) is 2.79. The maximum atomic E-state index is 12.0. The van der Waals surface area contributed by atoms with E-state index in [-0.39, 0.29) is 0 Å². The highest BCUT2D eigenvalue weighted by Gasteiger charge is 2.37. The third-order valence-corrected chi connectivity index (χ3v) is 4.74. The summed E-state index contributed by atoms with van der Waals surface area (Å²) < 4.78 is 0. The molecule has 2 fully saturated rings. The topological polar surface area (TPSA) is 20.3 Å². The number of nitrogens with zero attached hydrogens (tertiary/aromatic N) is 1. The van der Waals surface area contributed by atoms with Gasteiger partial charge >= 0.3 is 0 Å². The summed E-state index contributed by atoms with van der Waals surface area (Å²) in [5.74, 6) is 1.88. The number of rotatable bonds is 1. The molecule has 0 unspecified atom stereocenters. The van der Waals surface area contributed by atoms with Crippen LogP contribution in [0.15, 0.2) is 30.3 Å². The van der Waals surface area contributed by atoms with Crippen LogP contribution in [-0.2, 0) is 4.79 Å². The van der Waals surface area contributed by atoms with Crippen molar-refractivity contribution in [2.24, 2.45) is 0 Å². The monoisotopic (exact) mass is 233 g/mol. The van der Waals surface area contributed by atoms with Gasteiger partial charge in [0.05, 0.1) is 5.37 Å². The maximum Gasteiger partial charge on any atom is 0.224 e. The molecule has 0 bridgehead atoms. The van der Waals surface area contributed by atoms with E-state index in [9.17, 15) is 4.79 Å². The number of hydrogen-bond donors (Lipinski definition) is 0. The number of carbonyl (C=O) groups excluding carboxylic acids is 1. The Kier molecular flexibility index (Phi) is 2.64. The first-order chi connectivity index (χ1) is 7.84. The third-order valence-electron chi connectivity index (χ3n) is 3.49. The van der Waals surface area contributed by atoms with E-state index in [1.165, 1.54) is 5.56 Å². The lowest BCUT2D eigenvalue weighted by Gasteiger charge is -2.33. The van der Waals surface area contributed by atoms with Gasteiger partial charge in [-0.15, -0.1) is 11.8 Å². The van der Waals surface area contributed by atoms with Gasteiger partial charge in [0.15, 0.2) is 0 Å². The summed E-state index contributed by atoms with van der Waals surface area (Å²) >= 11 is 1.93. The molecule has 0 saturated carbocycles. The summed E-state index contributed by atoms with van der Waals surface area (Å²) in [6, 6.07) is 10.5. The predicted octanol–water partition coefficient (Wildman–Crippen LogP) is 2.47. The molecule has 2 nitrogen and oxygen atoms in total. The molecule has 0 aromatic heterocycles. The standard InChI is InChI=1S/C13H15NOS/c15-12-8-11(10-4-2-1-3-5-10)9-13-14(12)6-7-16-13/h1-5,11,13H,6-9H2/t11-,13-/m0/s1. The molecule has 84 valence electrons. The number of carbonyl (C=O) groups is 1. The molecule has 0 radical (unpaired) electrons. The van der Waals surface area contributed by atoms with Crippen molar-refractivity contribution in [3.8, 4) is 0 Å². The molecule has 3 heteroatoms. The number of thioether (sulfide) groups is 1. The lowest BCUT2D eigenvalue weighted by Crippen LogP contribution is -2.40. The van der Waals surface area contributed by atoms with Crippen LogP contribution in [-0.4, -0.2) is 28.5 Å². The van der Waals surface area contributed by atoms with Gasteiger partial charge in [0.2, 0.25) is 5.91 Å². The number of piperidine rings is 1. The average molecular weight is 233 g/mol. The molecule has 2 heterocycles. The maximum absolute atomic E-state index is 12.0. The Morgan fingerprint density at radius 2 is 2.06 bits per heavy atom. The summed E-state index contributed by atoms with van der Waals surface area (Å²) in [6.07, 6.45) is 1.82. The highest BCUT2D eigenvalue weighted by Crippen LogP contribution is 2.39. The molecule has 2 saturated heterocycles. The number of hydrogen-bond acceptors (Lipinski definition) is 2. The van der Waals surface area contributed by atoms with Crippen LogP contribution in [0, 0.1) is 0 Å². The Hall–Kier alpha value is -0.960. The summed E-state index contributed by atoms with van der Waals surface area (Å²) in [7, 11) is 0. The Balaban J connectivity index is 1.81. The van der Waals surface area contributed by atoms with E-state index in [4.69, 9.17) is 0 Å². The second-order valence-corrected chi connectivity index (χ2v) is 5.75. The van der Waals surface area contributed by atoms with Crippen LogP contribution in [0.4, 0.5) is 0 Å². The van der Waals surface area contributed by atoms with Gasteiger partial charge in [-0.3, -0.25) is 4.79 Å². The van der Waals surface area contributed by atoms with Crippen LogP contribution in [0.3, 0.4) is 0 Å². The number of benzene rings is 1. The SMILES string of the molecule is O=C1C[C@H](c2ccccc2)C[C@@H]2SCCN12. The van der Waals surface area contributed by atoms with Gasteiger partial charge in [0, 0.05) is 18.7 Å². The quantitative estimate of drug-likeness (QED) is 0.742. The molecule has 3 rings (SSSR count). The van der Waals surface area contributed by atoms with E-state index in [2.05, 4.69) is 29.2 Å². The minimum atomic E-state index is 0.343. The van der Waals surface area contributed by atoms with Gasteiger partial charge in [-0.1, -0.05) is 30.3 Å². The van der Waals surface area contributed by atoms with Crippen molar-refractivity contribution < 1.29 is 4.79 Å². The van der Waals surface area contributed by atoms with E-state index >= 15 is 0 Å². The highest BCUT2D eigenvalue weighted by atomic mass is 32.2. The van der Waals surface area contributed by atoms with Crippen molar-refractivity contribution >= 4 is 17.7 Å². The summed E-state index contributed by atoms with van der Waals surface area (Å²) in [6.45, 7) is 0.954. The molecule has 0 spiro atoms. The van der Waals surface area contributed by atoms with Gasteiger partial charge in [0.25, 0.3) is 0 Å². The van der Waals surface area contributed by atoms with Crippen LogP contribution in [0.5, 0.6) is 0 Å². The van der Waals surface area contributed by atoms with E-state index in [0.717, 1.165) is 18.7 Å².